The van der Waals surface area contributed by atoms with Gasteiger partial charge in [-0.1, -0.05) is 12.5 Å². The van der Waals surface area contributed by atoms with Gasteiger partial charge in [0.25, 0.3) is 0 Å². The summed E-state index contributed by atoms with van der Waals surface area (Å²) in [4.78, 5) is 0. The van der Waals surface area contributed by atoms with Crippen LogP contribution in [0.1, 0.15) is 30.9 Å². The fourth-order valence-electron chi connectivity index (χ4n) is 2.15. The topological polar surface area (TPSA) is 12.0 Å². The molecule has 1 unspecified atom stereocenters. The van der Waals surface area contributed by atoms with E-state index in [2.05, 4.69) is 21.2 Å². The van der Waals surface area contributed by atoms with Gasteiger partial charge in [-0.3, -0.25) is 0 Å². The van der Waals surface area contributed by atoms with Gasteiger partial charge in [-0.05, 0) is 59.4 Å². The molecule has 1 aromatic rings. The van der Waals surface area contributed by atoms with Crippen LogP contribution in [0.2, 0.25) is 0 Å². The molecule has 0 heterocycles. The number of hydrogen-bond acceptors (Lipinski definition) is 1. The maximum absolute atomic E-state index is 13.4. The molecule has 1 aliphatic rings. The highest BCUT2D eigenvalue weighted by molar-refractivity contribution is 9.10. The summed E-state index contributed by atoms with van der Waals surface area (Å²) < 4.78 is 13.9. The zero-order chi connectivity index (χ0) is 10.8. The van der Waals surface area contributed by atoms with Crippen molar-refractivity contribution in [3.8, 4) is 0 Å². The normalized spacial score (nSPS) is 18.6. The fourth-order valence-corrected chi connectivity index (χ4v) is 2.40. The van der Waals surface area contributed by atoms with E-state index < -0.39 is 0 Å². The quantitative estimate of drug-likeness (QED) is 0.885. The Bertz CT molecular complexity index is 349. The molecule has 0 spiro atoms. The summed E-state index contributed by atoms with van der Waals surface area (Å²) in [6, 6.07) is 5.71. The molecule has 1 atom stereocenters. The predicted molar refractivity (Wildman–Crippen MR) is 63.2 cm³/mol. The summed E-state index contributed by atoms with van der Waals surface area (Å²) in [5, 5.41) is 3.28. The van der Waals surface area contributed by atoms with Crippen molar-refractivity contribution in [1.82, 2.24) is 5.32 Å². The third-order valence-electron chi connectivity index (χ3n) is 3.24. The first-order chi connectivity index (χ1) is 7.22. The molecule has 1 nitrogen and oxygen atoms in total. The van der Waals surface area contributed by atoms with E-state index in [-0.39, 0.29) is 5.82 Å². The predicted octanol–water partition coefficient (Wildman–Crippen LogP) is 3.65. The van der Waals surface area contributed by atoms with E-state index in [1.807, 2.05) is 13.1 Å². The number of nitrogens with one attached hydrogen (secondary N) is 1. The first-order valence-corrected chi connectivity index (χ1v) is 6.14. The van der Waals surface area contributed by atoms with Crippen LogP contribution < -0.4 is 5.32 Å². The molecule has 3 heteroatoms. The van der Waals surface area contributed by atoms with Gasteiger partial charge in [0, 0.05) is 6.04 Å². The van der Waals surface area contributed by atoms with Gasteiger partial charge in [0.15, 0.2) is 0 Å². The molecule has 1 aromatic carbocycles. The van der Waals surface area contributed by atoms with Gasteiger partial charge < -0.3 is 5.32 Å². The van der Waals surface area contributed by atoms with Crippen molar-refractivity contribution in [2.75, 3.05) is 7.05 Å². The van der Waals surface area contributed by atoms with E-state index in [1.165, 1.54) is 19.3 Å². The Morgan fingerprint density at radius 2 is 2.20 bits per heavy atom. The molecule has 1 aliphatic carbocycles. The molecule has 82 valence electrons. The maximum atomic E-state index is 13.4. The van der Waals surface area contributed by atoms with Gasteiger partial charge >= 0.3 is 0 Å². The van der Waals surface area contributed by atoms with Crippen molar-refractivity contribution in [1.29, 1.82) is 0 Å². The minimum absolute atomic E-state index is 0.174. The highest BCUT2D eigenvalue weighted by atomic mass is 79.9. The lowest BCUT2D eigenvalue weighted by Gasteiger charge is -2.34. The van der Waals surface area contributed by atoms with Crippen molar-refractivity contribution in [3.05, 3.63) is 34.1 Å². The van der Waals surface area contributed by atoms with Crippen LogP contribution in [0.4, 0.5) is 4.39 Å². The van der Waals surface area contributed by atoms with Crippen LogP contribution in [0.25, 0.3) is 0 Å². The number of halogens is 2. The van der Waals surface area contributed by atoms with Crippen molar-refractivity contribution in [2.24, 2.45) is 5.92 Å². The maximum Gasteiger partial charge on any atom is 0.137 e. The smallest absolute Gasteiger partial charge is 0.137 e. The minimum atomic E-state index is -0.174. The SMILES string of the molecule is CNC(c1ccc(Br)c(F)c1)C1CCC1. The Morgan fingerprint density at radius 3 is 2.67 bits per heavy atom. The monoisotopic (exact) mass is 271 g/mol. The largest absolute Gasteiger partial charge is 0.313 e. The van der Waals surface area contributed by atoms with Crippen molar-refractivity contribution in [3.63, 3.8) is 0 Å². The Morgan fingerprint density at radius 1 is 1.47 bits per heavy atom. The third kappa shape index (κ3) is 2.23. The number of rotatable bonds is 3. The van der Waals surface area contributed by atoms with Gasteiger partial charge in [-0.25, -0.2) is 4.39 Å². The first-order valence-electron chi connectivity index (χ1n) is 5.34. The molecule has 0 aromatic heterocycles. The zero-order valence-electron chi connectivity index (χ0n) is 8.76. The van der Waals surface area contributed by atoms with Gasteiger partial charge in [-0.15, -0.1) is 0 Å². The molecule has 0 bridgehead atoms. The average Bonchev–Trinajstić information content (AvgIpc) is 2.16. The van der Waals surface area contributed by atoms with Crippen LogP contribution in [0.3, 0.4) is 0 Å². The van der Waals surface area contributed by atoms with E-state index in [0.29, 0.717) is 16.4 Å². The molecule has 1 N–H and O–H groups in total. The zero-order valence-corrected chi connectivity index (χ0v) is 10.3. The Kier molecular flexibility index (Phi) is 3.42. The van der Waals surface area contributed by atoms with Crippen molar-refractivity contribution in [2.45, 2.75) is 25.3 Å². The molecule has 0 radical (unpaired) electrons. The standard InChI is InChI=1S/C12H15BrFN/c1-15-12(8-3-2-4-8)9-5-6-10(13)11(14)7-9/h5-8,12,15H,2-4H2,1H3. The van der Waals surface area contributed by atoms with Crippen molar-refractivity contribution >= 4 is 15.9 Å². The van der Waals surface area contributed by atoms with Crippen molar-refractivity contribution < 1.29 is 4.39 Å². The molecule has 2 rings (SSSR count). The Labute approximate surface area is 98.2 Å². The molecule has 1 saturated carbocycles. The summed E-state index contributed by atoms with van der Waals surface area (Å²) in [5.41, 5.74) is 1.06. The fraction of sp³-hybridized carbons (Fsp3) is 0.500. The highest BCUT2D eigenvalue weighted by Crippen LogP contribution is 2.38. The van der Waals surface area contributed by atoms with Gasteiger partial charge in [-0.2, -0.15) is 0 Å². The van der Waals surface area contributed by atoms with Gasteiger partial charge in [0.05, 0.1) is 4.47 Å². The second-order valence-corrected chi connectivity index (χ2v) is 4.99. The van der Waals surface area contributed by atoms with Crippen LogP contribution >= 0.6 is 15.9 Å². The van der Waals surface area contributed by atoms with E-state index in [0.717, 1.165) is 5.56 Å². The molecule has 0 amide bonds. The van der Waals surface area contributed by atoms with Gasteiger partial charge in [0.1, 0.15) is 5.82 Å². The second-order valence-electron chi connectivity index (χ2n) is 4.13. The van der Waals surface area contributed by atoms with E-state index in [4.69, 9.17) is 0 Å². The Hall–Kier alpha value is -0.410. The van der Waals surface area contributed by atoms with E-state index in [9.17, 15) is 4.39 Å². The molecule has 0 aliphatic heterocycles. The molecule has 0 saturated heterocycles. The third-order valence-corrected chi connectivity index (χ3v) is 3.88. The molecule has 15 heavy (non-hydrogen) atoms. The van der Waals surface area contributed by atoms with Gasteiger partial charge in [0.2, 0.25) is 0 Å². The lowest BCUT2D eigenvalue weighted by molar-refractivity contribution is 0.239. The highest BCUT2D eigenvalue weighted by Gasteiger charge is 2.27. The van der Waals surface area contributed by atoms with Crippen LogP contribution in [0.5, 0.6) is 0 Å². The van der Waals surface area contributed by atoms with E-state index in [1.54, 1.807) is 12.1 Å². The summed E-state index contributed by atoms with van der Waals surface area (Å²) in [6.45, 7) is 0. The summed E-state index contributed by atoms with van der Waals surface area (Å²) in [5.74, 6) is 0.502. The van der Waals surface area contributed by atoms with Crippen LogP contribution in [0.15, 0.2) is 22.7 Å². The molecular weight excluding hydrogens is 257 g/mol. The lowest BCUT2D eigenvalue weighted by atomic mass is 9.77. The van der Waals surface area contributed by atoms with Crippen LogP contribution in [-0.4, -0.2) is 7.05 Å². The summed E-state index contributed by atoms with van der Waals surface area (Å²) >= 11 is 3.17. The summed E-state index contributed by atoms with van der Waals surface area (Å²) in [7, 11) is 1.95. The summed E-state index contributed by atoms with van der Waals surface area (Å²) in [6.07, 6.45) is 3.81. The number of hydrogen-bond donors (Lipinski definition) is 1. The minimum Gasteiger partial charge on any atom is -0.313 e. The Balaban J connectivity index is 2.21. The average molecular weight is 272 g/mol. The van der Waals surface area contributed by atoms with E-state index >= 15 is 0 Å². The second kappa shape index (κ2) is 4.62. The lowest BCUT2D eigenvalue weighted by Crippen LogP contribution is -2.29. The molecule has 1 fully saturated rings. The van der Waals surface area contributed by atoms with Crippen LogP contribution in [-0.2, 0) is 0 Å². The first kappa shape index (κ1) is 11.1. The van der Waals surface area contributed by atoms with Crippen LogP contribution in [0, 0.1) is 11.7 Å². The number of benzene rings is 1. The molecular formula is C12H15BrFN.